The van der Waals surface area contributed by atoms with Gasteiger partial charge in [-0.3, -0.25) is 9.69 Å². The molecule has 5 heteroatoms. The largest absolute Gasteiger partial charge is 0.325 e. The third-order valence-electron chi connectivity index (χ3n) is 5.18. The van der Waals surface area contributed by atoms with E-state index in [0.717, 1.165) is 29.7 Å². The second-order valence-electron chi connectivity index (χ2n) is 6.91. The maximum atomic E-state index is 13.4. The number of carbonyl (C=O) groups excluding carboxylic acids is 2. The topological polar surface area (TPSA) is 49.4 Å². The molecule has 4 rings (SSSR count). The summed E-state index contributed by atoms with van der Waals surface area (Å²) >= 11 is 0. The number of aryl methyl sites for hydroxylation is 2. The van der Waals surface area contributed by atoms with Gasteiger partial charge in [0.15, 0.2) is 0 Å². The van der Waals surface area contributed by atoms with E-state index in [4.69, 9.17) is 0 Å². The van der Waals surface area contributed by atoms with Crippen LogP contribution in [0.15, 0.2) is 42.5 Å². The number of nitrogens with one attached hydrogen (secondary N) is 1. The van der Waals surface area contributed by atoms with Crippen molar-refractivity contribution in [2.75, 3.05) is 0 Å². The number of amides is 3. The molecule has 3 amide bonds. The number of fused-ring (bicyclic) bond motifs is 1. The van der Waals surface area contributed by atoms with E-state index in [-0.39, 0.29) is 18.3 Å². The zero-order valence-electron chi connectivity index (χ0n) is 14.0. The summed E-state index contributed by atoms with van der Waals surface area (Å²) in [5.41, 5.74) is 2.88. The molecular weight excluding hydrogens is 319 g/mol. The fourth-order valence-electron chi connectivity index (χ4n) is 3.74. The molecule has 1 heterocycles. The van der Waals surface area contributed by atoms with Crippen LogP contribution >= 0.6 is 0 Å². The number of halogens is 1. The summed E-state index contributed by atoms with van der Waals surface area (Å²) in [7, 11) is 0. The van der Waals surface area contributed by atoms with Crippen LogP contribution in [-0.4, -0.2) is 16.8 Å². The lowest BCUT2D eigenvalue weighted by Gasteiger charge is -2.23. The van der Waals surface area contributed by atoms with Crippen LogP contribution < -0.4 is 5.32 Å². The number of hydrogen-bond donors (Lipinski definition) is 1. The van der Waals surface area contributed by atoms with Crippen molar-refractivity contribution in [3.8, 4) is 0 Å². The van der Waals surface area contributed by atoms with Crippen LogP contribution in [0, 0.1) is 5.82 Å². The SMILES string of the molecule is CC1(c2ccc3c(c2)CCC3)NC(=O)N(Cc2cccc(F)c2)C1=O. The van der Waals surface area contributed by atoms with Gasteiger partial charge in [0, 0.05) is 0 Å². The Morgan fingerprint density at radius 2 is 1.92 bits per heavy atom. The molecule has 2 aromatic carbocycles. The van der Waals surface area contributed by atoms with Crippen molar-refractivity contribution >= 4 is 11.9 Å². The molecule has 0 radical (unpaired) electrons. The highest BCUT2D eigenvalue weighted by Gasteiger charge is 2.49. The fraction of sp³-hybridized carbons (Fsp3) is 0.300. The van der Waals surface area contributed by atoms with Gasteiger partial charge in [-0.15, -0.1) is 0 Å². The van der Waals surface area contributed by atoms with Gasteiger partial charge in [0.1, 0.15) is 11.4 Å². The van der Waals surface area contributed by atoms with E-state index in [1.54, 1.807) is 19.1 Å². The molecule has 1 saturated heterocycles. The van der Waals surface area contributed by atoms with Crippen LogP contribution in [0.4, 0.5) is 9.18 Å². The third kappa shape index (κ3) is 2.60. The molecule has 1 atom stereocenters. The molecule has 2 aromatic rings. The predicted octanol–water partition coefficient (Wildman–Crippen LogP) is 3.28. The number of urea groups is 1. The third-order valence-corrected chi connectivity index (χ3v) is 5.18. The number of benzene rings is 2. The van der Waals surface area contributed by atoms with E-state index in [1.165, 1.54) is 23.3 Å². The van der Waals surface area contributed by atoms with E-state index >= 15 is 0 Å². The zero-order valence-corrected chi connectivity index (χ0v) is 14.0. The molecule has 0 aromatic heterocycles. The molecule has 1 aliphatic carbocycles. The van der Waals surface area contributed by atoms with Gasteiger partial charge in [-0.05, 0) is 60.6 Å². The van der Waals surface area contributed by atoms with Crippen molar-refractivity contribution in [1.82, 2.24) is 10.2 Å². The van der Waals surface area contributed by atoms with Crippen LogP contribution in [0.2, 0.25) is 0 Å². The van der Waals surface area contributed by atoms with Crippen molar-refractivity contribution in [1.29, 1.82) is 0 Å². The van der Waals surface area contributed by atoms with Crippen LogP contribution in [0.25, 0.3) is 0 Å². The first-order valence-electron chi connectivity index (χ1n) is 8.48. The highest BCUT2D eigenvalue weighted by atomic mass is 19.1. The minimum absolute atomic E-state index is 0.0585. The monoisotopic (exact) mass is 338 g/mol. The minimum atomic E-state index is -1.08. The number of imide groups is 1. The average molecular weight is 338 g/mol. The molecule has 0 bridgehead atoms. The van der Waals surface area contributed by atoms with E-state index in [2.05, 4.69) is 11.4 Å². The summed E-state index contributed by atoms with van der Waals surface area (Å²) in [4.78, 5) is 26.5. The Hall–Kier alpha value is -2.69. The van der Waals surface area contributed by atoms with Crippen LogP contribution in [0.1, 0.15) is 35.6 Å². The van der Waals surface area contributed by atoms with Gasteiger partial charge >= 0.3 is 6.03 Å². The quantitative estimate of drug-likeness (QED) is 0.873. The van der Waals surface area contributed by atoms with Gasteiger partial charge in [-0.25, -0.2) is 9.18 Å². The Morgan fingerprint density at radius 3 is 2.72 bits per heavy atom. The van der Waals surface area contributed by atoms with Gasteiger partial charge in [0.2, 0.25) is 0 Å². The molecule has 0 spiro atoms. The molecular formula is C20H19FN2O2. The first-order chi connectivity index (χ1) is 12.0. The molecule has 25 heavy (non-hydrogen) atoms. The lowest BCUT2D eigenvalue weighted by atomic mass is 9.89. The van der Waals surface area contributed by atoms with Crippen molar-refractivity contribution in [2.24, 2.45) is 0 Å². The number of hydrogen-bond acceptors (Lipinski definition) is 2. The number of carbonyl (C=O) groups is 2. The molecule has 128 valence electrons. The van der Waals surface area contributed by atoms with Crippen molar-refractivity contribution < 1.29 is 14.0 Å². The maximum absolute atomic E-state index is 13.4. The minimum Gasteiger partial charge on any atom is -0.319 e. The fourth-order valence-corrected chi connectivity index (χ4v) is 3.74. The summed E-state index contributed by atoms with van der Waals surface area (Å²) in [5, 5.41) is 2.82. The number of rotatable bonds is 3. The molecule has 0 saturated carbocycles. The van der Waals surface area contributed by atoms with Crippen molar-refractivity contribution in [3.63, 3.8) is 0 Å². The molecule has 1 fully saturated rings. The predicted molar refractivity (Wildman–Crippen MR) is 91.3 cm³/mol. The second kappa shape index (κ2) is 5.69. The van der Waals surface area contributed by atoms with Gasteiger partial charge in [0.05, 0.1) is 6.54 Å². The standard InChI is InChI=1S/C20H19FN2O2/c1-20(16-9-8-14-5-3-6-15(14)11-16)18(24)23(19(25)22-20)12-13-4-2-7-17(21)10-13/h2,4,7-11H,3,5-6,12H2,1H3,(H,22,25). The highest BCUT2D eigenvalue weighted by Crippen LogP contribution is 2.33. The zero-order chi connectivity index (χ0) is 17.6. The molecule has 2 aliphatic rings. The second-order valence-corrected chi connectivity index (χ2v) is 6.91. The normalized spacial score (nSPS) is 22.2. The van der Waals surface area contributed by atoms with Crippen LogP contribution in [0.3, 0.4) is 0 Å². The maximum Gasteiger partial charge on any atom is 0.325 e. The van der Waals surface area contributed by atoms with Gasteiger partial charge in [0.25, 0.3) is 5.91 Å². The summed E-state index contributed by atoms with van der Waals surface area (Å²) in [5.74, 6) is -0.689. The van der Waals surface area contributed by atoms with Gasteiger partial charge in [-0.1, -0.05) is 30.3 Å². The first-order valence-corrected chi connectivity index (χ1v) is 8.48. The molecule has 1 unspecified atom stereocenters. The highest BCUT2D eigenvalue weighted by molar-refractivity contribution is 6.07. The number of nitrogens with zero attached hydrogens (tertiary/aromatic N) is 1. The van der Waals surface area contributed by atoms with Crippen LogP contribution in [0.5, 0.6) is 0 Å². The lowest BCUT2D eigenvalue weighted by Crippen LogP contribution is -2.40. The van der Waals surface area contributed by atoms with Gasteiger partial charge in [-0.2, -0.15) is 0 Å². The average Bonchev–Trinajstić information content (AvgIpc) is 3.13. The Labute approximate surface area is 145 Å². The Kier molecular flexibility index (Phi) is 3.60. The Morgan fingerprint density at radius 1 is 1.12 bits per heavy atom. The summed E-state index contributed by atoms with van der Waals surface area (Å²) in [6.07, 6.45) is 3.20. The molecule has 1 N–H and O–H groups in total. The molecule has 1 aliphatic heterocycles. The Balaban J connectivity index is 1.63. The summed E-state index contributed by atoms with van der Waals surface area (Å²) < 4.78 is 13.4. The summed E-state index contributed by atoms with van der Waals surface area (Å²) in [6, 6.07) is 11.5. The smallest absolute Gasteiger partial charge is 0.319 e. The molecule has 4 nitrogen and oxygen atoms in total. The van der Waals surface area contributed by atoms with E-state index in [9.17, 15) is 14.0 Å². The van der Waals surface area contributed by atoms with Gasteiger partial charge < -0.3 is 5.32 Å². The first kappa shape index (κ1) is 15.8. The Bertz CT molecular complexity index is 880. The van der Waals surface area contributed by atoms with Crippen molar-refractivity contribution in [3.05, 3.63) is 70.5 Å². The van der Waals surface area contributed by atoms with E-state index in [0.29, 0.717) is 5.56 Å². The van der Waals surface area contributed by atoms with Crippen molar-refractivity contribution in [2.45, 2.75) is 38.3 Å². The summed E-state index contributed by atoms with van der Waals surface area (Å²) in [6.45, 7) is 1.79. The van der Waals surface area contributed by atoms with Crippen LogP contribution in [-0.2, 0) is 29.7 Å². The van der Waals surface area contributed by atoms with E-state index in [1.807, 2.05) is 12.1 Å². The lowest BCUT2D eigenvalue weighted by molar-refractivity contribution is -0.131. The van der Waals surface area contributed by atoms with E-state index < -0.39 is 11.6 Å².